The Kier molecular flexibility index (Phi) is 6.40. The predicted molar refractivity (Wildman–Crippen MR) is 122 cm³/mol. The number of carbonyl (C=O) groups is 2. The van der Waals surface area contributed by atoms with E-state index >= 15 is 0 Å². The number of aryl methyl sites for hydroxylation is 1. The smallest absolute Gasteiger partial charge is 0.300 e. The first-order valence-electron chi connectivity index (χ1n) is 10.7. The molecule has 174 valence electrons. The van der Waals surface area contributed by atoms with Crippen LogP contribution in [-0.2, 0) is 9.59 Å². The molecule has 1 fully saturated rings. The fraction of sp³-hybridized carbons (Fsp3) is 0.192. The number of ketones is 1. The monoisotopic (exact) mass is 464 g/mol. The first-order chi connectivity index (χ1) is 16.3. The van der Waals surface area contributed by atoms with Gasteiger partial charge in [0, 0.05) is 17.8 Å². The molecule has 8 heteroatoms. The van der Waals surface area contributed by atoms with E-state index in [4.69, 9.17) is 4.74 Å². The zero-order chi connectivity index (χ0) is 24.4. The number of rotatable bonds is 6. The summed E-state index contributed by atoms with van der Waals surface area (Å²) in [4.78, 5) is 31.3. The molecule has 1 atom stereocenters. The van der Waals surface area contributed by atoms with Crippen LogP contribution in [0.4, 0.5) is 14.5 Å². The molecule has 0 bridgehead atoms. The van der Waals surface area contributed by atoms with Crippen molar-refractivity contribution in [2.24, 2.45) is 0 Å². The molecule has 1 aliphatic rings. The molecule has 6 nitrogen and oxygen atoms in total. The van der Waals surface area contributed by atoms with Crippen molar-refractivity contribution in [1.29, 1.82) is 0 Å². The van der Waals surface area contributed by atoms with Crippen LogP contribution < -0.4 is 9.64 Å². The quantitative estimate of drug-likeness (QED) is 0.313. The lowest BCUT2D eigenvalue weighted by molar-refractivity contribution is -0.132. The van der Waals surface area contributed by atoms with Gasteiger partial charge < -0.3 is 9.84 Å². The number of hydrogen-bond acceptors (Lipinski definition) is 5. The Bertz CT molecular complexity index is 1290. The molecule has 1 saturated heterocycles. The van der Waals surface area contributed by atoms with Crippen LogP contribution in [-0.4, -0.2) is 28.4 Å². The number of halogens is 2. The Labute approximate surface area is 195 Å². The maximum atomic E-state index is 14.7. The van der Waals surface area contributed by atoms with Crippen molar-refractivity contribution in [3.63, 3.8) is 0 Å². The van der Waals surface area contributed by atoms with E-state index in [1.54, 1.807) is 43.3 Å². The summed E-state index contributed by atoms with van der Waals surface area (Å²) >= 11 is 0. The Balaban J connectivity index is 1.88. The third-order valence-corrected chi connectivity index (χ3v) is 5.49. The van der Waals surface area contributed by atoms with Gasteiger partial charge in [-0.2, -0.15) is 0 Å². The van der Waals surface area contributed by atoms with Crippen LogP contribution in [0.2, 0.25) is 0 Å². The number of ether oxygens (including phenoxy) is 1. The van der Waals surface area contributed by atoms with Gasteiger partial charge in [-0.1, -0.05) is 13.0 Å². The van der Waals surface area contributed by atoms with Crippen LogP contribution in [0, 0.1) is 18.6 Å². The molecule has 2 aromatic carbocycles. The number of aromatic nitrogens is 1. The normalized spacial score (nSPS) is 17.3. The van der Waals surface area contributed by atoms with Gasteiger partial charge in [0.05, 0.1) is 23.6 Å². The molecule has 0 spiro atoms. The highest BCUT2D eigenvalue weighted by Gasteiger charge is 2.48. The summed E-state index contributed by atoms with van der Waals surface area (Å²) in [7, 11) is 0. The van der Waals surface area contributed by atoms with Gasteiger partial charge in [-0.15, -0.1) is 0 Å². The van der Waals surface area contributed by atoms with Gasteiger partial charge >= 0.3 is 0 Å². The fourth-order valence-corrected chi connectivity index (χ4v) is 3.90. The Morgan fingerprint density at radius 1 is 1.12 bits per heavy atom. The number of anilines is 1. The van der Waals surface area contributed by atoms with Crippen molar-refractivity contribution >= 4 is 23.1 Å². The van der Waals surface area contributed by atoms with E-state index in [1.807, 2.05) is 6.92 Å². The fourth-order valence-electron chi connectivity index (χ4n) is 3.90. The van der Waals surface area contributed by atoms with Crippen molar-refractivity contribution in [3.05, 3.63) is 94.8 Å². The SMILES string of the molecule is CCCOc1ccc(/C(O)=C2\C(=O)C(=O)N(c3ccc(F)cc3F)C2c2ccccn2)cc1C. The lowest BCUT2D eigenvalue weighted by atomic mass is 9.97. The zero-order valence-corrected chi connectivity index (χ0v) is 18.6. The van der Waals surface area contributed by atoms with Crippen molar-refractivity contribution < 1.29 is 28.2 Å². The van der Waals surface area contributed by atoms with Crippen molar-refractivity contribution in [2.75, 3.05) is 11.5 Å². The second kappa shape index (κ2) is 9.43. The van der Waals surface area contributed by atoms with Gasteiger partial charge in [-0.3, -0.25) is 19.5 Å². The highest BCUT2D eigenvalue weighted by molar-refractivity contribution is 6.51. The van der Waals surface area contributed by atoms with E-state index in [1.165, 1.54) is 6.20 Å². The Morgan fingerprint density at radius 3 is 2.56 bits per heavy atom. The van der Waals surface area contributed by atoms with Gasteiger partial charge in [-0.05, 0) is 61.4 Å². The van der Waals surface area contributed by atoms with Crippen LogP contribution in [0.5, 0.6) is 5.75 Å². The van der Waals surface area contributed by atoms with Gasteiger partial charge in [-0.25, -0.2) is 8.78 Å². The number of benzene rings is 2. The molecule has 34 heavy (non-hydrogen) atoms. The van der Waals surface area contributed by atoms with E-state index in [0.29, 0.717) is 24.0 Å². The third kappa shape index (κ3) is 4.14. The summed E-state index contributed by atoms with van der Waals surface area (Å²) < 4.78 is 33.9. The molecule has 1 N–H and O–H groups in total. The van der Waals surface area contributed by atoms with Crippen molar-refractivity contribution in [3.8, 4) is 5.75 Å². The van der Waals surface area contributed by atoms with E-state index in [9.17, 15) is 23.5 Å². The number of amides is 1. The van der Waals surface area contributed by atoms with Gasteiger partial charge in [0.15, 0.2) is 0 Å². The maximum Gasteiger partial charge on any atom is 0.300 e. The molecule has 1 aliphatic heterocycles. The molecular weight excluding hydrogens is 442 g/mol. The number of pyridine rings is 1. The summed E-state index contributed by atoms with van der Waals surface area (Å²) in [6.07, 6.45) is 2.29. The average molecular weight is 464 g/mol. The van der Waals surface area contributed by atoms with E-state index in [-0.39, 0.29) is 17.0 Å². The molecular formula is C26H22F2N2O4. The van der Waals surface area contributed by atoms with Gasteiger partial charge in [0.2, 0.25) is 0 Å². The van der Waals surface area contributed by atoms with E-state index < -0.39 is 35.1 Å². The second-order valence-electron chi connectivity index (χ2n) is 7.85. The largest absolute Gasteiger partial charge is 0.507 e. The predicted octanol–water partition coefficient (Wildman–Crippen LogP) is 5.08. The molecule has 0 radical (unpaired) electrons. The first kappa shape index (κ1) is 23.1. The molecule has 2 heterocycles. The average Bonchev–Trinajstić information content (AvgIpc) is 3.09. The summed E-state index contributed by atoms with van der Waals surface area (Å²) in [6.45, 7) is 4.31. The first-order valence-corrected chi connectivity index (χ1v) is 10.7. The molecule has 1 unspecified atom stereocenters. The summed E-state index contributed by atoms with van der Waals surface area (Å²) in [6, 6.07) is 11.2. The Morgan fingerprint density at radius 2 is 1.91 bits per heavy atom. The molecule has 1 amide bonds. The number of nitrogens with zero attached hydrogens (tertiary/aromatic N) is 2. The lowest BCUT2D eigenvalue weighted by Crippen LogP contribution is -2.30. The molecule has 0 aliphatic carbocycles. The molecule has 3 aromatic rings. The second-order valence-corrected chi connectivity index (χ2v) is 7.85. The van der Waals surface area contributed by atoms with Crippen molar-refractivity contribution in [1.82, 2.24) is 4.98 Å². The molecule has 1 aromatic heterocycles. The summed E-state index contributed by atoms with van der Waals surface area (Å²) in [5.74, 6) is -3.69. The summed E-state index contributed by atoms with van der Waals surface area (Å²) in [5, 5.41) is 11.2. The highest BCUT2D eigenvalue weighted by atomic mass is 19.1. The van der Waals surface area contributed by atoms with E-state index in [2.05, 4.69) is 4.98 Å². The maximum absolute atomic E-state index is 14.7. The van der Waals surface area contributed by atoms with Crippen LogP contribution in [0.1, 0.15) is 36.2 Å². The standard InChI is InChI=1S/C26H22F2N2O4/c1-3-12-34-21-10-7-16(13-15(21)2)24(31)22-23(19-6-4-5-11-29-19)30(26(33)25(22)32)20-9-8-17(27)14-18(20)28/h4-11,13-14,23,31H,3,12H2,1-2H3/b24-22+. The number of carbonyl (C=O) groups excluding carboxylic acids is 2. The van der Waals surface area contributed by atoms with Crippen molar-refractivity contribution in [2.45, 2.75) is 26.3 Å². The lowest BCUT2D eigenvalue weighted by Gasteiger charge is -2.25. The minimum atomic E-state index is -1.21. The Hall–Kier alpha value is -4.07. The van der Waals surface area contributed by atoms with Crippen LogP contribution in [0.3, 0.4) is 0 Å². The topological polar surface area (TPSA) is 79.7 Å². The zero-order valence-electron chi connectivity index (χ0n) is 18.6. The number of aliphatic hydroxyl groups is 1. The number of hydrogen-bond donors (Lipinski definition) is 1. The third-order valence-electron chi connectivity index (χ3n) is 5.49. The van der Waals surface area contributed by atoms with Crippen LogP contribution in [0.25, 0.3) is 5.76 Å². The van der Waals surface area contributed by atoms with E-state index in [0.717, 1.165) is 29.0 Å². The number of Topliss-reactive ketones (excluding diaryl/α,β-unsaturated/α-hetero) is 1. The number of aliphatic hydroxyl groups excluding tert-OH is 1. The van der Waals surface area contributed by atoms with Gasteiger partial charge in [0.25, 0.3) is 11.7 Å². The summed E-state index contributed by atoms with van der Waals surface area (Å²) in [5.41, 5.74) is 0.726. The highest BCUT2D eigenvalue weighted by Crippen LogP contribution is 2.42. The minimum Gasteiger partial charge on any atom is -0.507 e. The van der Waals surface area contributed by atoms with Crippen LogP contribution in [0.15, 0.2) is 66.4 Å². The minimum absolute atomic E-state index is 0.242. The van der Waals surface area contributed by atoms with Crippen LogP contribution >= 0.6 is 0 Å². The molecule has 4 rings (SSSR count). The van der Waals surface area contributed by atoms with Gasteiger partial charge in [0.1, 0.15) is 29.2 Å². The molecule has 0 saturated carbocycles.